The minimum absolute atomic E-state index is 0.0618. The predicted octanol–water partition coefficient (Wildman–Crippen LogP) is 9.02. The van der Waals surface area contributed by atoms with Gasteiger partial charge >= 0.3 is 6.11 Å². The third kappa shape index (κ3) is 6.88. The standard InChI is InChI=1S/C30H40F2O/c1-3-23-6-14-27(15-7-23)28-16-8-24(9-17-28)20-30(31,32)33-21-25-10-18-29(19-11-25)26-12-4-22(2)5-13-26/h8-11,16-19,22-23,26-27H,3-7,12-15,20-21H2,1-2H3. The Bertz CT molecular complexity index is 842. The first-order valence-electron chi connectivity index (χ1n) is 13.1. The highest BCUT2D eigenvalue weighted by atomic mass is 19.3. The van der Waals surface area contributed by atoms with E-state index in [1.165, 1.54) is 68.9 Å². The van der Waals surface area contributed by atoms with Crippen molar-refractivity contribution in [3.05, 3.63) is 70.8 Å². The quantitative estimate of drug-likeness (QED) is 0.386. The van der Waals surface area contributed by atoms with E-state index >= 15 is 0 Å². The Kier molecular flexibility index (Phi) is 8.22. The van der Waals surface area contributed by atoms with Crippen LogP contribution in [0.25, 0.3) is 0 Å². The molecule has 0 aliphatic heterocycles. The number of alkyl halides is 2. The highest BCUT2D eigenvalue weighted by molar-refractivity contribution is 5.27. The summed E-state index contributed by atoms with van der Waals surface area (Å²) in [7, 11) is 0. The summed E-state index contributed by atoms with van der Waals surface area (Å²) < 4.78 is 34.1. The Hall–Kier alpha value is -1.74. The third-order valence-corrected chi connectivity index (χ3v) is 8.20. The Balaban J connectivity index is 1.26. The molecule has 3 heteroatoms. The molecular formula is C30H40F2O. The topological polar surface area (TPSA) is 9.23 Å². The molecule has 0 N–H and O–H groups in total. The van der Waals surface area contributed by atoms with Crippen LogP contribution in [0.4, 0.5) is 8.78 Å². The highest BCUT2D eigenvalue weighted by Gasteiger charge is 2.31. The molecule has 0 atom stereocenters. The van der Waals surface area contributed by atoms with Crippen molar-refractivity contribution in [2.75, 3.05) is 0 Å². The SMILES string of the molecule is CCC1CCC(c2ccc(CC(F)(F)OCc3ccc(C4CCC(C)CC4)cc3)cc2)CC1. The van der Waals surface area contributed by atoms with Gasteiger partial charge in [0, 0.05) is 0 Å². The van der Waals surface area contributed by atoms with Gasteiger partial charge in [0.05, 0.1) is 13.0 Å². The lowest BCUT2D eigenvalue weighted by Gasteiger charge is -2.28. The summed E-state index contributed by atoms with van der Waals surface area (Å²) in [6.07, 6.45) is 7.75. The van der Waals surface area contributed by atoms with Crippen LogP contribution in [0.5, 0.6) is 0 Å². The average molecular weight is 455 g/mol. The molecule has 0 spiro atoms. The number of hydrogen-bond acceptors (Lipinski definition) is 1. The van der Waals surface area contributed by atoms with Gasteiger partial charge in [0.1, 0.15) is 0 Å². The van der Waals surface area contributed by atoms with Crippen LogP contribution in [0, 0.1) is 11.8 Å². The van der Waals surface area contributed by atoms with Crippen molar-refractivity contribution in [2.24, 2.45) is 11.8 Å². The molecule has 2 saturated carbocycles. The monoisotopic (exact) mass is 454 g/mol. The van der Waals surface area contributed by atoms with Gasteiger partial charge < -0.3 is 4.74 Å². The Morgan fingerprint density at radius 2 is 1.21 bits per heavy atom. The second kappa shape index (κ2) is 11.1. The van der Waals surface area contributed by atoms with Gasteiger partial charge in [0.25, 0.3) is 0 Å². The molecule has 1 nitrogen and oxygen atoms in total. The summed E-state index contributed by atoms with van der Waals surface area (Å²) in [5.74, 6) is 2.89. The van der Waals surface area contributed by atoms with Crippen molar-refractivity contribution in [1.29, 1.82) is 0 Å². The van der Waals surface area contributed by atoms with E-state index in [1.807, 2.05) is 36.4 Å². The van der Waals surface area contributed by atoms with Crippen LogP contribution in [0.2, 0.25) is 0 Å². The summed E-state index contributed by atoms with van der Waals surface area (Å²) in [5, 5.41) is 0. The molecular weight excluding hydrogens is 414 g/mol. The predicted molar refractivity (Wildman–Crippen MR) is 132 cm³/mol. The van der Waals surface area contributed by atoms with Crippen LogP contribution < -0.4 is 0 Å². The molecule has 33 heavy (non-hydrogen) atoms. The number of hydrogen-bond donors (Lipinski definition) is 0. The number of ether oxygens (including phenoxy) is 1. The molecule has 0 radical (unpaired) electrons. The van der Waals surface area contributed by atoms with Crippen molar-refractivity contribution in [3.8, 4) is 0 Å². The molecule has 0 amide bonds. The van der Waals surface area contributed by atoms with E-state index in [9.17, 15) is 8.78 Å². The lowest BCUT2D eigenvalue weighted by molar-refractivity contribution is -0.244. The fraction of sp³-hybridized carbons (Fsp3) is 0.600. The lowest BCUT2D eigenvalue weighted by Crippen LogP contribution is -2.23. The number of benzene rings is 2. The molecule has 2 aliphatic rings. The summed E-state index contributed by atoms with van der Waals surface area (Å²) in [6, 6.07) is 15.9. The minimum atomic E-state index is -3.17. The molecule has 180 valence electrons. The van der Waals surface area contributed by atoms with Gasteiger partial charge in [-0.25, -0.2) is 0 Å². The summed E-state index contributed by atoms with van der Waals surface area (Å²) >= 11 is 0. The van der Waals surface area contributed by atoms with E-state index in [-0.39, 0.29) is 13.0 Å². The second-order valence-electron chi connectivity index (χ2n) is 10.7. The normalized spacial score (nSPS) is 26.3. The van der Waals surface area contributed by atoms with E-state index < -0.39 is 6.11 Å². The Morgan fingerprint density at radius 3 is 1.73 bits per heavy atom. The molecule has 2 aliphatic carbocycles. The maximum Gasteiger partial charge on any atom is 0.360 e. The smallest absolute Gasteiger partial charge is 0.315 e. The van der Waals surface area contributed by atoms with Crippen molar-refractivity contribution < 1.29 is 13.5 Å². The molecule has 4 rings (SSSR count). The molecule has 0 heterocycles. The second-order valence-corrected chi connectivity index (χ2v) is 10.7. The maximum absolute atomic E-state index is 14.5. The Morgan fingerprint density at radius 1 is 0.727 bits per heavy atom. The molecule has 0 bridgehead atoms. The molecule has 0 saturated heterocycles. The highest BCUT2D eigenvalue weighted by Crippen LogP contribution is 2.38. The van der Waals surface area contributed by atoms with E-state index in [4.69, 9.17) is 4.74 Å². The van der Waals surface area contributed by atoms with Gasteiger partial charge in [-0.2, -0.15) is 8.78 Å². The van der Waals surface area contributed by atoms with E-state index in [0.717, 1.165) is 17.4 Å². The van der Waals surface area contributed by atoms with Gasteiger partial charge in [0.15, 0.2) is 0 Å². The molecule has 0 unspecified atom stereocenters. The summed E-state index contributed by atoms with van der Waals surface area (Å²) in [6.45, 7) is 4.53. The first-order chi connectivity index (χ1) is 15.9. The third-order valence-electron chi connectivity index (χ3n) is 8.20. The van der Waals surface area contributed by atoms with Crippen LogP contribution >= 0.6 is 0 Å². The van der Waals surface area contributed by atoms with Crippen LogP contribution in [0.3, 0.4) is 0 Å². The fourth-order valence-electron chi connectivity index (χ4n) is 5.77. The van der Waals surface area contributed by atoms with Gasteiger partial charge in [-0.05, 0) is 84.5 Å². The first kappa shape index (κ1) is 24.4. The maximum atomic E-state index is 14.5. The Labute approximate surface area is 198 Å². The summed E-state index contributed by atoms with van der Waals surface area (Å²) in [5.41, 5.74) is 4.07. The van der Waals surface area contributed by atoms with Crippen LogP contribution in [0.1, 0.15) is 106 Å². The van der Waals surface area contributed by atoms with Gasteiger partial charge in [-0.3, -0.25) is 0 Å². The molecule has 2 aromatic carbocycles. The number of halogens is 2. The van der Waals surface area contributed by atoms with Gasteiger partial charge in [-0.15, -0.1) is 0 Å². The zero-order chi connectivity index (χ0) is 23.3. The van der Waals surface area contributed by atoms with Crippen molar-refractivity contribution >= 4 is 0 Å². The van der Waals surface area contributed by atoms with Crippen LogP contribution in [-0.4, -0.2) is 6.11 Å². The van der Waals surface area contributed by atoms with E-state index in [2.05, 4.69) is 26.0 Å². The van der Waals surface area contributed by atoms with Crippen LogP contribution in [0.15, 0.2) is 48.5 Å². The minimum Gasteiger partial charge on any atom is -0.315 e. The van der Waals surface area contributed by atoms with Crippen molar-refractivity contribution in [2.45, 2.75) is 103 Å². The van der Waals surface area contributed by atoms with E-state index in [0.29, 0.717) is 17.4 Å². The molecule has 0 aromatic heterocycles. The zero-order valence-electron chi connectivity index (χ0n) is 20.4. The zero-order valence-corrected chi connectivity index (χ0v) is 20.4. The lowest BCUT2D eigenvalue weighted by atomic mass is 9.78. The van der Waals surface area contributed by atoms with E-state index in [1.54, 1.807) is 0 Å². The fourth-order valence-corrected chi connectivity index (χ4v) is 5.77. The van der Waals surface area contributed by atoms with Gasteiger partial charge in [0.2, 0.25) is 0 Å². The average Bonchev–Trinajstić information content (AvgIpc) is 2.84. The van der Waals surface area contributed by atoms with Crippen molar-refractivity contribution in [1.82, 2.24) is 0 Å². The molecule has 2 fully saturated rings. The van der Waals surface area contributed by atoms with Crippen LogP contribution in [-0.2, 0) is 17.8 Å². The van der Waals surface area contributed by atoms with Crippen molar-refractivity contribution in [3.63, 3.8) is 0 Å². The van der Waals surface area contributed by atoms with Gasteiger partial charge in [-0.1, -0.05) is 81.6 Å². The molecule has 2 aromatic rings. The largest absolute Gasteiger partial charge is 0.360 e. The number of rotatable bonds is 8. The first-order valence-corrected chi connectivity index (χ1v) is 13.1. The summed E-state index contributed by atoms with van der Waals surface area (Å²) in [4.78, 5) is 0.